The number of carboxylic acid groups (broad SMARTS) is 1. The molecule has 1 heterocycles. The largest absolute Gasteiger partial charge is 0.477 e. The molecule has 0 saturated carbocycles. The van der Waals surface area contributed by atoms with Crippen LogP contribution in [0.3, 0.4) is 0 Å². The molecule has 0 saturated heterocycles. The highest BCUT2D eigenvalue weighted by atomic mass is 19.1. The molecule has 0 radical (unpaired) electrons. The van der Waals surface area contributed by atoms with Gasteiger partial charge >= 0.3 is 5.97 Å². The molecule has 0 aliphatic rings. The maximum Gasteiger partial charge on any atom is 0.354 e. The van der Waals surface area contributed by atoms with Gasteiger partial charge in [-0.05, 0) is 18.2 Å². The first-order valence-corrected chi connectivity index (χ1v) is 4.73. The Hall–Kier alpha value is -2.50. The van der Waals surface area contributed by atoms with Gasteiger partial charge in [-0.1, -0.05) is 6.07 Å². The van der Waals surface area contributed by atoms with Gasteiger partial charge in [0, 0.05) is 11.8 Å². The molecule has 5 nitrogen and oxygen atoms in total. The number of hydrogen-bond donors (Lipinski definition) is 2. The smallest absolute Gasteiger partial charge is 0.354 e. The Balaban J connectivity index is 2.24. The molecular weight excluding hydrogens is 225 g/mol. The number of nitrogens with zero attached hydrogens (tertiary/aromatic N) is 2. The van der Waals surface area contributed by atoms with Crippen LogP contribution in [-0.4, -0.2) is 21.0 Å². The second-order valence-electron chi connectivity index (χ2n) is 3.23. The summed E-state index contributed by atoms with van der Waals surface area (Å²) < 4.78 is 12.9. The van der Waals surface area contributed by atoms with Gasteiger partial charge in [0.2, 0.25) is 0 Å². The van der Waals surface area contributed by atoms with Crippen LogP contribution >= 0.6 is 0 Å². The van der Waals surface area contributed by atoms with Crippen molar-refractivity contribution in [1.82, 2.24) is 9.97 Å². The zero-order valence-corrected chi connectivity index (χ0v) is 8.59. The lowest BCUT2D eigenvalue weighted by Gasteiger charge is -2.05. The lowest BCUT2D eigenvalue weighted by Crippen LogP contribution is -2.03. The first-order chi connectivity index (χ1) is 8.15. The molecule has 1 aromatic heterocycles. The van der Waals surface area contributed by atoms with Gasteiger partial charge in [0.1, 0.15) is 18.0 Å². The standard InChI is InChI=1S/C11H8FN3O2/c12-7-2-1-3-8(4-7)15-10-5-9(11(16)17)13-6-14-10/h1-6H,(H,16,17)(H,13,14,15). The van der Waals surface area contributed by atoms with Crippen LogP contribution in [0.1, 0.15) is 10.5 Å². The van der Waals surface area contributed by atoms with E-state index >= 15 is 0 Å². The highest BCUT2D eigenvalue weighted by Crippen LogP contribution is 2.15. The third kappa shape index (κ3) is 2.75. The van der Waals surface area contributed by atoms with Crippen molar-refractivity contribution >= 4 is 17.5 Å². The Labute approximate surface area is 96.0 Å². The second kappa shape index (κ2) is 4.56. The van der Waals surface area contributed by atoms with Crippen molar-refractivity contribution in [2.45, 2.75) is 0 Å². The lowest BCUT2D eigenvalue weighted by atomic mass is 10.3. The Morgan fingerprint density at radius 1 is 1.29 bits per heavy atom. The van der Waals surface area contributed by atoms with E-state index < -0.39 is 5.97 Å². The van der Waals surface area contributed by atoms with Gasteiger partial charge in [0.25, 0.3) is 0 Å². The van der Waals surface area contributed by atoms with Gasteiger partial charge in [0.05, 0.1) is 0 Å². The normalized spacial score (nSPS) is 9.94. The minimum absolute atomic E-state index is 0.126. The van der Waals surface area contributed by atoms with Crippen molar-refractivity contribution in [1.29, 1.82) is 0 Å². The van der Waals surface area contributed by atoms with Gasteiger partial charge in [-0.2, -0.15) is 0 Å². The third-order valence-corrected chi connectivity index (χ3v) is 1.98. The van der Waals surface area contributed by atoms with Crippen molar-refractivity contribution < 1.29 is 14.3 Å². The maximum atomic E-state index is 12.9. The van der Waals surface area contributed by atoms with Crippen molar-refractivity contribution in [3.63, 3.8) is 0 Å². The van der Waals surface area contributed by atoms with Crippen LogP contribution in [0, 0.1) is 5.82 Å². The number of hydrogen-bond acceptors (Lipinski definition) is 4. The fourth-order valence-electron chi connectivity index (χ4n) is 1.26. The molecule has 0 spiro atoms. The molecule has 2 aromatic rings. The molecule has 0 unspecified atom stereocenters. The van der Waals surface area contributed by atoms with Gasteiger partial charge in [-0.25, -0.2) is 19.2 Å². The number of aromatic nitrogens is 2. The number of carboxylic acids is 1. The summed E-state index contributed by atoms with van der Waals surface area (Å²) in [5.74, 6) is -1.24. The van der Waals surface area contributed by atoms with E-state index in [1.54, 1.807) is 6.07 Å². The first kappa shape index (κ1) is 11.0. The Kier molecular flexibility index (Phi) is 2.95. The monoisotopic (exact) mass is 233 g/mol. The quantitative estimate of drug-likeness (QED) is 0.848. The fraction of sp³-hybridized carbons (Fsp3) is 0. The van der Waals surface area contributed by atoms with Crippen molar-refractivity contribution in [2.75, 3.05) is 5.32 Å². The van der Waals surface area contributed by atoms with Crippen LogP contribution in [0.5, 0.6) is 0 Å². The summed E-state index contributed by atoms with van der Waals surface area (Å²) in [6, 6.07) is 7.05. The van der Waals surface area contributed by atoms with E-state index in [0.717, 1.165) is 6.33 Å². The summed E-state index contributed by atoms with van der Waals surface area (Å²) >= 11 is 0. The van der Waals surface area contributed by atoms with Crippen molar-refractivity contribution in [2.24, 2.45) is 0 Å². The SMILES string of the molecule is O=C(O)c1cc(Nc2cccc(F)c2)ncn1. The molecule has 0 atom stereocenters. The number of benzene rings is 1. The van der Waals surface area contributed by atoms with Crippen molar-refractivity contribution in [3.8, 4) is 0 Å². The Morgan fingerprint density at radius 3 is 2.82 bits per heavy atom. The summed E-state index contributed by atoms with van der Waals surface area (Å²) in [4.78, 5) is 18.1. The summed E-state index contributed by atoms with van der Waals surface area (Å²) in [5, 5.41) is 11.5. The van der Waals surface area contributed by atoms with E-state index in [1.807, 2.05) is 0 Å². The topological polar surface area (TPSA) is 75.1 Å². The maximum absolute atomic E-state index is 12.9. The minimum Gasteiger partial charge on any atom is -0.477 e. The van der Waals surface area contributed by atoms with E-state index in [-0.39, 0.29) is 11.5 Å². The number of rotatable bonds is 3. The molecule has 0 fully saturated rings. The van der Waals surface area contributed by atoms with Crippen LogP contribution in [0.4, 0.5) is 15.9 Å². The molecule has 1 aromatic carbocycles. The number of nitrogens with one attached hydrogen (secondary N) is 1. The Morgan fingerprint density at radius 2 is 2.12 bits per heavy atom. The molecule has 0 amide bonds. The predicted molar refractivity (Wildman–Crippen MR) is 58.7 cm³/mol. The number of halogens is 1. The Bertz CT molecular complexity index is 560. The molecule has 0 aliphatic heterocycles. The first-order valence-electron chi connectivity index (χ1n) is 4.73. The summed E-state index contributed by atoms with van der Waals surface area (Å²) in [6.45, 7) is 0. The summed E-state index contributed by atoms with van der Waals surface area (Å²) in [5.41, 5.74) is 0.360. The van der Waals surface area contributed by atoms with E-state index in [4.69, 9.17) is 5.11 Å². The highest BCUT2D eigenvalue weighted by molar-refractivity contribution is 5.86. The van der Waals surface area contributed by atoms with E-state index in [0.29, 0.717) is 11.5 Å². The zero-order valence-electron chi connectivity index (χ0n) is 8.59. The predicted octanol–water partition coefficient (Wildman–Crippen LogP) is 2.06. The number of carbonyl (C=O) groups is 1. The second-order valence-corrected chi connectivity index (χ2v) is 3.23. The number of anilines is 2. The van der Waals surface area contributed by atoms with E-state index in [2.05, 4.69) is 15.3 Å². The van der Waals surface area contributed by atoms with Crippen LogP contribution in [0.2, 0.25) is 0 Å². The molecule has 17 heavy (non-hydrogen) atoms. The lowest BCUT2D eigenvalue weighted by molar-refractivity contribution is 0.0690. The number of aromatic carboxylic acids is 1. The van der Waals surface area contributed by atoms with Crippen LogP contribution in [0.15, 0.2) is 36.7 Å². The molecule has 0 aliphatic carbocycles. The van der Waals surface area contributed by atoms with Crippen LogP contribution in [0.25, 0.3) is 0 Å². The summed E-state index contributed by atoms with van der Waals surface area (Å²) in [7, 11) is 0. The zero-order chi connectivity index (χ0) is 12.3. The van der Waals surface area contributed by atoms with Crippen molar-refractivity contribution in [3.05, 3.63) is 48.2 Å². The minimum atomic E-state index is -1.14. The van der Waals surface area contributed by atoms with E-state index in [1.165, 1.54) is 24.3 Å². The molecule has 2 N–H and O–H groups in total. The molecule has 2 rings (SSSR count). The highest BCUT2D eigenvalue weighted by Gasteiger charge is 2.06. The molecule has 6 heteroatoms. The summed E-state index contributed by atoms with van der Waals surface area (Å²) in [6.07, 6.45) is 1.13. The molecule has 0 bridgehead atoms. The fourth-order valence-corrected chi connectivity index (χ4v) is 1.26. The van der Waals surface area contributed by atoms with Gasteiger partial charge < -0.3 is 10.4 Å². The molecular formula is C11H8FN3O2. The third-order valence-electron chi connectivity index (χ3n) is 1.98. The van der Waals surface area contributed by atoms with E-state index in [9.17, 15) is 9.18 Å². The van der Waals surface area contributed by atoms with Gasteiger partial charge in [0.15, 0.2) is 5.69 Å². The van der Waals surface area contributed by atoms with Gasteiger partial charge in [-0.3, -0.25) is 0 Å². The average molecular weight is 233 g/mol. The molecule has 86 valence electrons. The average Bonchev–Trinajstić information content (AvgIpc) is 2.29. The van der Waals surface area contributed by atoms with Gasteiger partial charge in [-0.15, -0.1) is 0 Å². The van der Waals surface area contributed by atoms with Crippen LogP contribution < -0.4 is 5.32 Å². The van der Waals surface area contributed by atoms with Crippen LogP contribution in [-0.2, 0) is 0 Å².